The summed E-state index contributed by atoms with van der Waals surface area (Å²) in [5.41, 5.74) is 0. The fourth-order valence-electron chi connectivity index (χ4n) is 1.13. The Bertz CT molecular complexity index is 171. The van der Waals surface area contributed by atoms with Crippen LogP contribution in [0.25, 0.3) is 0 Å². The van der Waals surface area contributed by atoms with Crippen molar-refractivity contribution < 1.29 is 9.53 Å². The minimum Gasteiger partial charge on any atom is -0.466 e. The first-order chi connectivity index (χ1) is 6.63. The maximum atomic E-state index is 10.4. The van der Waals surface area contributed by atoms with Crippen molar-refractivity contribution in [3.63, 3.8) is 0 Å². The normalized spacial score (nSPS) is 11.1. The first-order valence-electron chi connectivity index (χ1n) is 5.43. The highest BCUT2D eigenvalue weighted by atomic mass is 16.5. The second-order valence-electron chi connectivity index (χ2n) is 3.86. The van der Waals surface area contributed by atoms with Gasteiger partial charge in [-0.3, -0.25) is 4.79 Å². The summed E-state index contributed by atoms with van der Waals surface area (Å²) in [4.78, 5) is 10.4. The first-order valence-corrected chi connectivity index (χ1v) is 5.43. The molecule has 0 aromatic rings. The molecule has 0 aliphatic heterocycles. The van der Waals surface area contributed by atoms with Crippen molar-refractivity contribution in [2.24, 2.45) is 5.92 Å². The highest BCUT2D eigenvalue weighted by Crippen LogP contribution is 2.03. The second-order valence-corrected chi connectivity index (χ2v) is 3.86. The molecule has 0 amide bonds. The maximum absolute atomic E-state index is 10.4. The third kappa shape index (κ3) is 11.2. The summed E-state index contributed by atoms with van der Waals surface area (Å²) in [5, 5.41) is 0. The lowest BCUT2D eigenvalue weighted by Crippen LogP contribution is -1.99. The lowest BCUT2D eigenvalue weighted by molar-refractivity contribution is -0.141. The van der Waals surface area contributed by atoms with E-state index in [0.29, 0.717) is 12.5 Å². The van der Waals surface area contributed by atoms with Gasteiger partial charge in [0.15, 0.2) is 0 Å². The smallest absolute Gasteiger partial charge is 0.302 e. The molecule has 0 bridgehead atoms. The van der Waals surface area contributed by atoms with E-state index in [2.05, 4.69) is 26.0 Å². The van der Waals surface area contributed by atoms with E-state index >= 15 is 0 Å². The Morgan fingerprint density at radius 2 is 2.00 bits per heavy atom. The largest absolute Gasteiger partial charge is 0.466 e. The highest BCUT2D eigenvalue weighted by molar-refractivity contribution is 5.65. The van der Waals surface area contributed by atoms with Crippen molar-refractivity contribution >= 4 is 5.97 Å². The molecule has 0 saturated heterocycles. The molecular formula is C12H22O2. The number of hydrogen-bond donors (Lipinski definition) is 0. The predicted molar refractivity (Wildman–Crippen MR) is 59.1 cm³/mol. The van der Waals surface area contributed by atoms with Gasteiger partial charge in [0.1, 0.15) is 0 Å². The summed E-state index contributed by atoms with van der Waals surface area (Å²) in [7, 11) is 0. The predicted octanol–water partition coefficient (Wildman–Crippen LogP) is 3.32. The van der Waals surface area contributed by atoms with Crippen LogP contribution in [0.3, 0.4) is 0 Å². The van der Waals surface area contributed by atoms with Gasteiger partial charge < -0.3 is 4.74 Å². The van der Waals surface area contributed by atoms with Gasteiger partial charge in [-0.25, -0.2) is 0 Å². The SMILES string of the molecule is CC(=O)OCCCCC/C=C\C(C)C. The van der Waals surface area contributed by atoms with Crippen LogP contribution in [0.4, 0.5) is 0 Å². The quantitative estimate of drug-likeness (QED) is 0.356. The van der Waals surface area contributed by atoms with Gasteiger partial charge in [0.2, 0.25) is 0 Å². The van der Waals surface area contributed by atoms with E-state index in [-0.39, 0.29) is 5.97 Å². The van der Waals surface area contributed by atoms with Crippen molar-refractivity contribution in [1.29, 1.82) is 0 Å². The van der Waals surface area contributed by atoms with Crippen molar-refractivity contribution in [3.05, 3.63) is 12.2 Å². The minimum absolute atomic E-state index is 0.176. The van der Waals surface area contributed by atoms with E-state index < -0.39 is 0 Å². The number of hydrogen-bond acceptors (Lipinski definition) is 2. The van der Waals surface area contributed by atoms with E-state index in [1.807, 2.05) is 0 Å². The van der Waals surface area contributed by atoms with Crippen LogP contribution in [-0.2, 0) is 9.53 Å². The highest BCUT2D eigenvalue weighted by Gasteiger charge is 1.92. The van der Waals surface area contributed by atoms with Gasteiger partial charge in [-0.15, -0.1) is 0 Å². The number of ether oxygens (including phenoxy) is 1. The Balaban J connectivity index is 3.10. The van der Waals surface area contributed by atoms with Gasteiger partial charge >= 0.3 is 5.97 Å². The van der Waals surface area contributed by atoms with E-state index in [1.165, 1.54) is 13.3 Å². The molecule has 0 spiro atoms. The maximum Gasteiger partial charge on any atom is 0.302 e. The van der Waals surface area contributed by atoms with Crippen LogP contribution in [0.15, 0.2) is 12.2 Å². The molecule has 0 unspecified atom stereocenters. The molecule has 0 aliphatic rings. The molecule has 0 aromatic carbocycles. The van der Waals surface area contributed by atoms with Gasteiger partial charge in [-0.2, -0.15) is 0 Å². The Morgan fingerprint density at radius 1 is 1.29 bits per heavy atom. The zero-order chi connectivity index (χ0) is 10.8. The monoisotopic (exact) mass is 198 g/mol. The van der Waals surface area contributed by atoms with Crippen LogP contribution < -0.4 is 0 Å². The average Bonchev–Trinajstić information content (AvgIpc) is 2.08. The first kappa shape index (κ1) is 13.2. The molecule has 2 nitrogen and oxygen atoms in total. The Hall–Kier alpha value is -0.790. The average molecular weight is 198 g/mol. The van der Waals surface area contributed by atoms with Crippen LogP contribution in [0.1, 0.15) is 46.5 Å². The molecule has 0 N–H and O–H groups in total. The molecule has 2 heteroatoms. The van der Waals surface area contributed by atoms with E-state index in [4.69, 9.17) is 4.74 Å². The molecule has 0 radical (unpaired) electrons. The Morgan fingerprint density at radius 3 is 2.57 bits per heavy atom. The summed E-state index contributed by atoms with van der Waals surface area (Å²) < 4.78 is 4.83. The molecule has 0 heterocycles. The summed E-state index contributed by atoms with van der Waals surface area (Å²) >= 11 is 0. The topological polar surface area (TPSA) is 26.3 Å². The number of carbonyl (C=O) groups excluding carboxylic acids is 1. The van der Waals surface area contributed by atoms with Crippen molar-refractivity contribution in [2.45, 2.75) is 46.5 Å². The fourth-order valence-corrected chi connectivity index (χ4v) is 1.13. The fraction of sp³-hybridized carbons (Fsp3) is 0.750. The van der Waals surface area contributed by atoms with Gasteiger partial charge in [0, 0.05) is 6.92 Å². The summed E-state index contributed by atoms with van der Waals surface area (Å²) in [6, 6.07) is 0. The van der Waals surface area contributed by atoms with Crippen molar-refractivity contribution in [3.8, 4) is 0 Å². The van der Waals surface area contributed by atoms with Crippen LogP contribution >= 0.6 is 0 Å². The molecule has 82 valence electrons. The number of esters is 1. The van der Waals surface area contributed by atoms with Gasteiger partial charge in [-0.1, -0.05) is 26.0 Å². The van der Waals surface area contributed by atoms with E-state index in [9.17, 15) is 4.79 Å². The molecule has 0 aromatic heterocycles. The lowest BCUT2D eigenvalue weighted by atomic mass is 10.1. The molecule has 0 aliphatic carbocycles. The third-order valence-electron chi connectivity index (χ3n) is 1.84. The number of unbranched alkanes of at least 4 members (excludes halogenated alkanes) is 3. The molecule has 0 rings (SSSR count). The number of allylic oxidation sites excluding steroid dienone is 2. The standard InChI is InChI=1S/C12H22O2/c1-11(2)9-7-5-4-6-8-10-14-12(3)13/h7,9,11H,4-6,8,10H2,1-3H3/b9-7-. The summed E-state index contributed by atoms with van der Waals surface area (Å²) in [6.07, 6.45) is 8.90. The summed E-state index contributed by atoms with van der Waals surface area (Å²) in [6.45, 7) is 6.38. The lowest BCUT2D eigenvalue weighted by Gasteiger charge is -2.00. The molecule has 0 fully saturated rings. The number of rotatable bonds is 7. The summed E-state index contributed by atoms with van der Waals surface area (Å²) in [5.74, 6) is 0.473. The Labute approximate surface area is 87.3 Å². The van der Waals surface area contributed by atoms with Crippen molar-refractivity contribution in [1.82, 2.24) is 0 Å². The number of carbonyl (C=O) groups is 1. The van der Waals surface area contributed by atoms with E-state index in [0.717, 1.165) is 19.3 Å². The van der Waals surface area contributed by atoms with Crippen LogP contribution in [-0.4, -0.2) is 12.6 Å². The third-order valence-corrected chi connectivity index (χ3v) is 1.84. The van der Waals surface area contributed by atoms with Crippen LogP contribution in [0, 0.1) is 5.92 Å². The second kappa shape index (κ2) is 8.79. The van der Waals surface area contributed by atoms with Gasteiger partial charge in [0.25, 0.3) is 0 Å². The van der Waals surface area contributed by atoms with Crippen LogP contribution in [0.5, 0.6) is 0 Å². The van der Waals surface area contributed by atoms with Crippen LogP contribution in [0.2, 0.25) is 0 Å². The zero-order valence-corrected chi connectivity index (χ0v) is 9.58. The van der Waals surface area contributed by atoms with Gasteiger partial charge in [-0.05, 0) is 31.6 Å². The zero-order valence-electron chi connectivity index (χ0n) is 9.58. The Kier molecular flexibility index (Phi) is 8.30. The molecule has 14 heavy (non-hydrogen) atoms. The molecular weight excluding hydrogens is 176 g/mol. The minimum atomic E-state index is -0.176. The van der Waals surface area contributed by atoms with Crippen molar-refractivity contribution in [2.75, 3.05) is 6.61 Å². The molecule has 0 atom stereocenters. The van der Waals surface area contributed by atoms with E-state index in [1.54, 1.807) is 0 Å². The van der Waals surface area contributed by atoms with Gasteiger partial charge in [0.05, 0.1) is 6.61 Å². The molecule has 0 saturated carbocycles.